The topological polar surface area (TPSA) is 61.0 Å². The molecule has 1 aliphatic rings. The lowest BCUT2D eigenvalue weighted by Gasteiger charge is -2.38. The van der Waals surface area contributed by atoms with Crippen molar-refractivity contribution in [3.8, 4) is 5.88 Å². The first-order valence-corrected chi connectivity index (χ1v) is 7.87. The Morgan fingerprint density at radius 3 is 2.48 bits per heavy atom. The average Bonchev–Trinajstić information content (AvgIpc) is 2.23. The van der Waals surface area contributed by atoms with Gasteiger partial charge < -0.3 is 10.5 Å². The van der Waals surface area contributed by atoms with E-state index in [4.69, 9.17) is 10.5 Å². The van der Waals surface area contributed by atoms with E-state index in [1.165, 1.54) is 6.42 Å². The van der Waals surface area contributed by atoms with E-state index in [1.54, 1.807) is 6.07 Å². The Morgan fingerprint density at radius 1 is 1.24 bits per heavy atom. The highest BCUT2D eigenvalue weighted by atomic mass is 16.5. The minimum Gasteiger partial charge on any atom is -0.474 e. The van der Waals surface area contributed by atoms with Crippen molar-refractivity contribution in [1.82, 2.24) is 9.97 Å². The van der Waals surface area contributed by atoms with Gasteiger partial charge in [-0.2, -0.15) is 4.98 Å². The standard InChI is InChI=1S/C17H29N3O/c1-11-7-12(10-17(5,6)9-11)21-14-8-13(18)19-15(20-14)16(2,3)4/h8,11-12H,7,9-10H2,1-6H3,(H2,18,19,20). The number of nitrogens with two attached hydrogens (primary N) is 1. The van der Waals surface area contributed by atoms with Crippen molar-refractivity contribution in [2.75, 3.05) is 5.73 Å². The summed E-state index contributed by atoms with van der Waals surface area (Å²) in [6.45, 7) is 13.2. The smallest absolute Gasteiger partial charge is 0.219 e. The summed E-state index contributed by atoms with van der Waals surface area (Å²) in [6, 6.07) is 1.74. The highest BCUT2D eigenvalue weighted by Crippen LogP contribution is 2.40. The van der Waals surface area contributed by atoms with Gasteiger partial charge in [-0.25, -0.2) is 4.98 Å². The fraction of sp³-hybridized carbons (Fsp3) is 0.765. The summed E-state index contributed by atoms with van der Waals surface area (Å²) in [5.41, 5.74) is 6.11. The summed E-state index contributed by atoms with van der Waals surface area (Å²) in [6.07, 6.45) is 3.61. The summed E-state index contributed by atoms with van der Waals surface area (Å²) in [5.74, 6) is 2.51. The van der Waals surface area contributed by atoms with Crippen LogP contribution in [0.15, 0.2) is 6.07 Å². The maximum absolute atomic E-state index is 6.15. The molecule has 1 heterocycles. The maximum Gasteiger partial charge on any atom is 0.219 e. The number of rotatable bonds is 2. The van der Waals surface area contributed by atoms with Gasteiger partial charge in [0.15, 0.2) is 0 Å². The van der Waals surface area contributed by atoms with Crippen LogP contribution in [-0.2, 0) is 5.41 Å². The second-order valence-corrected chi connectivity index (χ2v) is 8.36. The Balaban J connectivity index is 2.18. The van der Waals surface area contributed by atoms with Crippen molar-refractivity contribution in [2.45, 2.75) is 72.3 Å². The van der Waals surface area contributed by atoms with Crippen LogP contribution in [0.5, 0.6) is 5.88 Å². The van der Waals surface area contributed by atoms with Crippen molar-refractivity contribution in [3.05, 3.63) is 11.9 Å². The summed E-state index contributed by atoms with van der Waals surface area (Å²) in [7, 11) is 0. The molecule has 0 aromatic carbocycles. The molecule has 0 spiro atoms. The maximum atomic E-state index is 6.15. The van der Waals surface area contributed by atoms with Crippen LogP contribution in [0.3, 0.4) is 0 Å². The van der Waals surface area contributed by atoms with Gasteiger partial charge in [-0.1, -0.05) is 41.5 Å². The van der Waals surface area contributed by atoms with Crippen LogP contribution in [0.25, 0.3) is 0 Å². The fourth-order valence-corrected chi connectivity index (χ4v) is 3.36. The van der Waals surface area contributed by atoms with Crippen LogP contribution in [0.1, 0.15) is 66.6 Å². The molecule has 0 bridgehead atoms. The predicted octanol–water partition coefficient (Wildman–Crippen LogP) is 3.95. The fourth-order valence-electron chi connectivity index (χ4n) is 3.36. The Labute approximate surface area is 128 Å². The van der Waals surface area contributed by atoms with Gasteiger partial charge in [0.1, 0.15) is 17.7 Å². The third-order valence-electron chi connectivity index (χ3n) is 4.03. The number of aromatic nitrogens is 2. The molecule has 4 heteroatoms. The van der Waals surface area contributed by atoms with Gasteiger partial charge in [-0.3, -0.25) is 0 Å². The molecule has 2 N–H and O–H groups in total. The number of nitrogens with zero attached hydrogens (tertiary/aromatic N) is 2. The highest BCUT2D eigenvalue weighted by molar-refractivity contribution is 5.34. The Morgan fingerprint density at radius 2 is 1.90 bits per heavy atom. The van der Waals surface area contributed by atoms with E-state index >= 15 is 0 Å². The largest absolute Gasteiger partial charge is 0.474 e. The second-order valence-electron chi connectivity index (χ2n) is 8.36. The monoisotopic (exact) mass is 291 g/mol. The molecule has 1 aromatic rings. The highest BCUT2D eigenvalue weighted by Gasteiger charge is 2.33. The lowest BCUT2D eigenvalue weighted by molar-refractivity contribution is 0.0529. The van der Waals surface area contributed by atoms with Crippen molar-refractivity contribution in [1.29, 1.82) is 0 Å². The van der Waals surface area contributed by atoms with E-state index in [9.17, 15) is 0 Å². The number of anilines is 1. The van der Waals surface area contributed by atoms with E-state index < -0.39 is 0 Å². The Bertz CT molecular complexity index is 505. The molecule has 0 saturated heterocycles. The lowest BCUT2D eigenvalue weighted by Crippen LogP contribution is -2.34. The number of hydrogen-bond donors (Lipinski definition) is 1. The van der Waals surface area contributed by atoms with Gasteiger partial charge >= 0.3 is 0 Å². The molecule has 2 atom stereocenters. The molecular formula is C17H29N3O. The minimum absolute atomic E-state index is 0.132. The third-order valence-corrected chi connectivity index (χ3v) is 4.03. The third kappa shape index (κ3) is 4.32. The summed E-state index contributed by atoms with van der Waals surface area (Å²) >= 11 is 0. The zero-order valence-electron chi connectivity index (χ0n) is 14.2. The van der Waals surface area contributed by atoms with E-state index in [2.05, 4.69) is 51.5 Å². The van der Waals surface area contributed by atoms with Gasteiger partial charge in [0.2, 0.25) is 5.88 Å². The lowest BCUT2D eigenvalue weighted by atomic mass is 9.71. The second kappa shape index (κ2) is 5.47. The van der Waals surface area contributed by atoms with Crippen LogP contribution in [0.2, 0.25) is 0 Å². The van der Waals surface area contributed by atoms with Crippen LogP contribution in [-0.4, -0.2) is 16.1 Å². The van der Waals surface area contributed by atoms with E-state index in [0.717, 1.165) is 18.7 Å². The van der Waals surface area contributed by atoms with E-state index in [-0.39, 0.29) is 11.5 Å². The molecule has 1 aromatic heterocycles. The molecule has 0 amide bonds. The molecule has 1 fully saturated rings. The molecule has 1 saturated carbocycles. The molecular weight excluding hydrogens is 262 g/mol. The van der Waals surface area contributed by atoms with Crippen molar-refractivity contribution in [3.63, 3.8) is 0 Å². The summed E-state index contributed by atoms with van der Waals surface area (Å²) < 4.78 is 6.15. The molecule has 0 radical (unpaired) electrons. The van der Waals surface area contributed by atoms with E-state index in [1.807, 2.05) is 0 Å². The number of ether oxygens (including phenoxy) is 1. The molecule has 21 heavy (non-hydrogen) atoms. The molecule has 2 unspecified atom stereocenters. The van der Waals surface area contributed by atoms with Crippen molar-refractivity contribution in [2.24, 2.45) is 11.3 Å². The van der Waals surface area contributed by atoms with Crippen molar-refractivity contribution >= 4 is 5.82 Å². The first-order chi connectivity index (χ1) is 9.55. The zero-order chi connectivity index (χ0) is 15.8. The van der Waals surface area contributed by atoms with Gasteiger partial charge in [-0.05, 0) is 30.6 Å². The average molecular weight is 291 g/mol. The molecule has 1 aliphatic carbocycles. The normalized spacial score (nSPS) is 25.6. The van der Waals surface area contributed by atoms with Crippen LogP contribution in [0.4, 0.5) is 5.82 Å². The van der Waals surface area contributed by atoms with Gasteiger partial charge in [0, 0.05) is 11.5 Å². The first kappa shape index (κ1) is 16.1. The molecule has 2 rings (SSSR count). The van der Waals surface area contributed by atoms with E-state index in [0.29, 0.717) is 23.0 Å². The first-order valence-electron chi connectivity index (χ1n) is 7.87. The Kier molecular flexibility index (Phi) is 4.18. The predicted molar refractivity (Wildman–Crippen MR) is 86.4 cm³/mol. The van der Waals surface area contributed by atoms with Gasteiger partial charge in [-0.15, -0.1) is 0 Å². The van der Waals surface area contributed by atoms with Crippen LogP contribution < -0.4 is 10.5 Å². The molecule has 0 aliphatic heterocycles. The van der Waals surface area contributed by atoms with Crippen LogP contribution in [0, 0.1) is 11.3 Å². The number of hydrogen-bond acceptors (Lipinski definition) is 4. The summed E-state index contributed by atoms with van der Waals surface area (Å²) in [4.78, 5) is 8.89. The summed E-state index contributed by atoms with van der Waals surface area (Å²) in [5, 5.41) is 0. The SMILES string of the molecule is CC1CC(Oc2cc(N)nc(C(C)(C)C)n2)CC(C)(C)C1. The number of nitrogen functional groups attached to an aromatic ring is 1. The van der Waals surface area contributed by atoms with Crippen LogP contribution >= 0.6 is 0 Å². The van der Waals surface area contributed by atoms with Gasteiger partial charge in [0.25, 0.3) is 0 Å². The molecule has 118 valence electrons. The minimum atomic E-state index is -0.132. The molecule has 4 nitrogen and oxygen atoms in total. The van der Waals surface area contributed by atoms with Gasteiger partial charge in [0.05, 0.1) is 0 Å². The van der Waals surface area contributed by atoms with Crippen molar-refractivity contribution < 1.29 is 4.74 Å². The zero-order valence-corrected chi connectivity index (χ0v) is 14.2. The quantitative estimate of drug-likeness (QED) is 0.896. The Hall–Kier alpha value is -1.32.